The van der Waals surface area contributed by atoms with Gasteiger partial charge in [0.15, 0.2) is 17.6 Å². The van der Waals surface area contributed by atoms with Gasteiger partial charge < -0.3 is 19.5 Å². The number of hydrogen-bond donors (Lipinski definition) is 2. The number of ether oxygens (including phenoxy) is 1. The van der Waals surface area contributed by atoms with E-state index in [0.717, 1.165) is 0 Å². The zero-order valence-electron chi connectivity index (χ0n) is 17.6. The Bertz CT molecular complexity index is 1140. The van der Waals surface area contributed by atoms with Crippen molar-refractivity contribution in [2.24, 2.45) is 0 Å². The van der Waals surface area contributed by atoms with Gasteiger partial charge in [-0.1, -0.05) is 0 Å². The lowest BCUT2D eigenvalue weighted by Crippen LogP contribution is -2.25. The van der Waals surface area contributed by atoms with Gasteiger partial charge in [-0.05, 0) is 69.7 Å². The van der Waals surface area contributed by atoms with Gasteiger partial charge in [0.05, 0.1) is 17.5 Å². The highest BCUT2D eigenvalue weighted by Gasteiger charge is 2.26. The van der Waals surface area contributed by atoms with Crippen molar-refractivity contribution >= 4 is 29.1 Å². The Kier molecular flexibility index (Phi) is 6.20. The maximum absolute atomic E-state index is 12.7. The molecule has 0 unspecified atom stereocenters. The smallest absolute Gasteiger partial charge is 0.338 e. The molecule has 2 N–H and O–H groups in total. The third-order valence-electron chi connectivity index (χ3n) is 4.81. The third-order valence-corrected chi connectivity index (χ3v) is 4.81. The Balaban J connectivity index is 1.65. The summed E-state index contributed by atoms with van der Waals surface area (Å²) in [5, 5.41) is 2.64. The molecular weight excluding hydrogens is 400 g/mol. The van der Waals surface area contributed by atoms with Crippen LogP contribution in [-0.2, 0) is 4.74 Å². The van der Waals surface area contributed by atoms with E-state index in [2.05, 4.69) is 10.3 Å². The fraction of sp³-hybridized carbons (Fsp3) is 0.217. The number of aryl methyl sites for hydroxylation is 1. The number of amides is 1. The molecule has 0 saturated heterocycles. The first kappa shape index (κ1) is 21.8. The summed E-state index contributed by atoms with van der Waals surface area (Å²) in [5.74, 6) is -1.50. The summed E-state index contributed by atoms with van der Waals surface area (Å²) in [4.78, 5) is 51.8. The number of benzene rings is 1. The standard InChI is InChI=1S/C23H22N2O6/c1-12-19(14(3)26)13(2)24-20(12)21(27)15(4)31-23(29)16-7-9-17(10-8-16)25-22(28)18-6-5-11-30-18/h5-11,15,24H,1-4H3,(H,25,28)/t15-/m0/s1. The number of esters is 1. The summed E-state index contributed by atoms with van der Waals surface area (Å²) in [6, 6.07) is 9.19. The van der Waals surface area contributed by atoms with Crippen LogP contribution in [0.4, 0.5) is 5.69 Å². The number of rotatable bonds is 7. The molecule has 3 aromatic rings. The summed E-state index contributed by atoms with van der Waals surface area (Å²) in [6.07, 6.45) is 0.343. The van der Waals surface area contributed by atoms with Crippen molar-refractivity contribution in [2.45, 2.75) is 33.8 Å². The third kappa shape index (κ3) is 4.63. The van der Waals surface area contributed by atoms with E-state index >= 15 is 0 Å². The van der Waals surface area contributed by atoms with E-state index in [1.807, 2.05) is 0 Å². The average Bonchev–Trinajstić information content (AvgIpc) is 3.36. The Hall–Kier alpha value is -3.94. The average molecular weight is 422 g/mol. The Morgan fingerprint density at radius 2 is 1.74 bits per heavy atom. The van der Waals surface area contributed by atoms with E-state index in [9.17, 15) is 19.2 Å². The van der Waals surface area contributed by atoms with Crippen molar-refractivity contribution in [3.05, 3.63) is 76.5 Å². The van der Waals surface area contributed by atoms with Gasteiger partial charge in [0.1, 0.15) is 0 Å². The second kappa shape index (κ2) is 8.83. The van der Waals surface area contributed by atoms with E-state index in [0.29, 0.717) is 22.5 Å². The second-order valence-electron chi connectivity index (χ2n) is 7.10. The maximum Gasteiger partial charge on any atom is 0.338 e. The predicted molar refractivity (Wildman–Crippen MR) is 113 cm³/mol. The molecule has 0 aliphatic carbocycles. The van der Waals surface area contributed by atoms with Crippen LogP contribution in [0.5, 0.6) is 0 Å². The topological polar surface area (TPSA) is 118 Å². The summed E-state index contributed by atoms with van der Waals surface area (Å²) in [5.41, 5.74) is 2.54. The number of aromatic amines is 1. The van der Waals surface area contributed by atoms with Crippen molar-refractivity contribution < 1.29 is 28.3 Å². The molecule has 160 valence electrons. The van der Waals surface area contributed by atoms with Gasteiger partial charge in [-0.3, -0.25) is 14.4 Å². The van der Waals surface area contributed by atoms with Crippen LogP contribution in [0.2, 0.25) is 0 Å². The summed E-state index contributed by atoms with van der Waals surface area (Å²) < 4.78 is 10.3. The van der Waals surface area contributed by atoms with Gasteiger partial charge in [0, 0.05) is 16.9 Å². The molecule has 0 bridgehead atoms. The number of aromatic nitrogens is 1. The molecule has 0 aliphatic rings. The van der Waals surface area contributed by atoms with Gasteiger partial charge in [-0.2, -0.15) is 0 Å². The first-order valence-corrected chi connectivity index (χ1v) is 9.59. The number of H-pyrrole nitrogens is 1. The largest absolute Gasteiger partial charge is 0.459 e. The fourth-order valence-electron chi connectivity index (χ4n) is 3.30. The molecule has 3 rings (SSSR count). The first-order valence-electron chi connectivity index (χ1n) is 9.59. The normalized spacial score (nSPS) is 11.6. The van der Waals surface area contributed by atoms with Gasteiger partial charge in [0.25, 0.3) is 5.91 Å². The molecular formula is C23H22N2O6. The molecule has 0 aliphatic heterocycles. The van der Waals surface area contributed by atoms with Crippen molar-refractivity contribution in [3.8, 4) is 0 Å². The number of ketones is 2. The predicted octanol–water partition coefficient (Wildman–Crippen LogP) is 4.11. The number of anilines is 1. The number of Topliss-reactive ketones (excluding diaryl/α,β-unsaturated/α-hetero) is 2. The van der Waals surface area contributed by atoms with Crippen LogP contribution in [0.1, 0.15) is 66.9 Å². The lowest BCUT2D eigenvalue weighted by atomic mass is 10.0. The lowest BCUT2D eigenvalue weighted by molar-refractivity contribution is 0.0317. The van der Waals surface area contributed by atoms with Crippen LogP contribution >= 0.6 is 0 Å². The molecule has 8 heteroatoms. The van der Waals surface area contributed by atoms with Gasteiger partial charge in [0.2, 0.25) is 5.78 Å². The Morgan fingerprint density at radius 1 is 1.06 bits per heavy atom. The SMILES string of the molecule is CC(=O)c1c(C)[nH]c(C(=O)[C@H](C)OC(=O)c2ccc(NC(=O)c3ccco3)cc2)c1C. The minimum atomic E-state index is -1.05. The quantitative estimate of drug-likeness (QED) is 0.437. The van der Waals surface area contributed by atoms with E-state index in [1.165, 1.54) is 38.3 Å². The zero-order valence-corrected chi connectivity index (χ0v) is 17.6. The molecule has 1 atom stereocenters. The molecule has 1 aromatic carbocycles. The number of hydrogen-bond acceptors (Lipinski definition) is 6. The molecule has 2 heterocycles. The highest BCUT2D eigenvalue weighted by atomic mass is 16.5. The number of carbonyl (C=O) groups excluding carboxylic acids is 4. The number of furan rings is 1. The molecule has 0 spiro atoms. The van der Waals surface area contributed by atoms with E-state index in [-0.39, 0.29) is 22.8 Å². The summed E-state index contributed by atoms with van der Waals surface area (Å²) in [6.45, 7) is 6.30. The van der Waals surface area contributed by atoms with Crippen molar-refractivity contribution in [1.82, 2.24) is 4.98 Å². The highest BCUT2D eigenvalue weighted by molar-refractivity contribution is 6.06. The summed E-state index contributed by atoms with van der Waals surface area (Å²) in [7, 11) is 0. The molecule has 0 saturated carbocycles. The van der Waals surface area contributed by atoms with Crippen LogP contribution in [0.15, 0.2) is 47.1 Å². The minimum Gasteiger partial charge on any atom is -0.459 e. The second-order valence-corrected chi connectivity index (χ2v) is 7.10. The van der Waals surface area contributed by atoms with Gasteiger partial charge in [-0.15, -0.1) is 0 Å². The van der Waals surface area contributed by atoms with Crippen LogP contribution in [0, 0.1) is 13.8 Å². The number of nitrogens with one attached hydrogen (secondary N) is 2. The van der Waals surface area contributed by atoms with Crippen LogP contribution in [0.3, 0.4) is 0 Å². The number of carbonyl (C=O) groups is 4. The van der Waals surface area contributed by atoms with E-state index in [4.69, 9.17) is 9.15 Å². The Morgan fingerprint density at radius 3 is 2.29 bits per heavy atom. The van der Waals surface area contributed by atoms with Crippen molar-refractivity contribution in [1.29, 1.82) is 0 Å². The highest BCUT2D eigenvalue weighted by Crippen LogP contribution is 2.21. The van der Waals surface area contributed by atoms with Crippen molar-refractivity contribution in [2.75, 3.05) is 5.32 Å². The van der Waals surface area contributed by atoms with Crippen molar-refractivity contribution in [3.63, 3.8) is 0 Å². The molecule has 0 fully saturated rings. The van der Waals surface area contributed by atoms with E-state index < -0.39 is 23.8 Å². The molecule has 2 aromatic heterocycles. The minimum absolute atomic E-state index is 0.144. The van der Waals surface area contributed by atoms with Crippen LogP contribution < -0.4 is 5.32 Å². The van der Waals surface area contributed by atoms with Crippen LogP contribution in [-0.4, -0.2) is 34.5 Å². The lowest BCUT2D eigenvalue weighted by Gasteiger charge is -2.12. The van der Waals surface area contributed by atoms with Gasteiger partial charge in [-0.25, -0.2) is 4.79 Å². The first-order chi connectivity index (χ1) is 14.7. The molecule has 1 amide bonds. The van der Waals surface area contributed by atoms with Gasteiger partial charge >= 0.3 is 5.97 Å². The van der Waals surface area contributed by atoms with Crippen LogP contribution in [0.25, 0.3) is 0 Å². The molecule has 31 heavy (non-hydrogen) atoms. The molecule has 0 radical (unpaired) electrons. The maximum atomic E-state index is 12.7. The van der Waals surface area contributed by atoms with E-state index in [1.54, 1.807) is 32.0 Å². The Labute approximate surface area is 178 Å². The fourth-order valence-corrected chi connectivity index (χ4v) is 3.30. The summed E-state index contributed by atoms with van der Waals surface area (Å²) >= 11 is 0. The monoisotopic (exact) mass is 422 g/mol. The zero-order chi connectivity index (χ0) is 22.7. The molecule has 8 nitrogen and oxygen atoms in total.